The van der Waals surface area contributed by atoms with Gasteiger partial charge in [0.1, 0.15) is 26.4 Å². The predicted molar refractivity (Wildman–Crippen MR) is 286 cm³/mol. The average molecular weight is 1190 g/mol. The van der Waals surface area contributed by atoms with E-state index in [1.807, 2.05) is 51.7 Å². The minimum Gasteiger partial charge on any atom is -0.464 e. The molecule has 0 spiro atoms. The lowest BCUT2D eigenvalue weighted by Gasteiger charge is -2.46. The highest BCUT2D eigenvalue weighted by molar-refractivity contribution is 14.1. The number of aromatic nitrogens is 3. The Bertz CT molecular complexity index is 2290. The number of esters is 3. The topological polar surface area (TPSA) is 181 Å². The molecule has 404 valence electrons. The summed E-state index contributed by atoms with van der Waals surface area (Å²) in [5.41, 5.74) is 0.428. The molecule has 3 aromatic rings. The van der Waals surface area contributed by atoms with Gasteiger partial charge in [-0.05, 0) is 120 Å². The van der Waals surface area contributed by atoms with Crippen LogP contribution in [0.25, 0.3) is 0 Å². The van der Waals surface area contributed by atoms with Crippen molar-refractivity contribution in [3.63, 3.8) is 0 Å². The first-order valence-electron chi connectivity index (χ1n) is 23.3. The maximum absolute atomic E-state index is 13.4. The number of anilines is 3. The highest BCUT2D eigenvalue weighted by Crippen LogP contribution is 2.37. The van der Waals surface area contributed by atoms with E-state index in [0.29, 0.717) is 43.4 Å². The Labute approximate surface area is 452 Å². The molecular weight excluding hydrogens is 1120 g/mol. The summed E-state index contributed by atoms with van der Waals surface area (Å²) in [5, 5.41) is 7.14. The van der Waals surface area contributed by atoms with Gasteiger partial charge in [0.05, 0.1) is 44.4 Å². The summed E-state index contributed by atoms with van der Waals surface area (Å²) in [6, 6.07) is 10.6. The SMILES string of the molecule is CC[C@H]1CN(c2ccc(C(=O)OC)nc2C(F)(F)F)[C@H](C)CN1.CC[C@H]1CN(c2ccc(C(=O)OC)nc2Cl)[C@H](C)CN1.CC[C@H]1CN(c2ccc(C(=O)OC)nc2I)[C@H](C)CN1C(=O)OC(C)(C)C.Cl.Cl. The van der Waals surface area contributed by atoms with E-state index in [-0.39, 0.29) is 77.8 Å². The quantitative estimate of drug-likeness (QED) is 0.0895. The molecule has 0 saturated carbocycles. The van der Waals surface area contributed by atoms with Gasteiger partial charge >= 0.3 is 30.2 Å². The number of ether oxygens (including phenoxy) is 4. The van der Waals surface area contributed by atoms with Gasteiger partial charge in [0.25, 0.3) is 0 Å². The fraction of sp³-hybridized carbons (Fsp3) is 0.604. The van der Waals surface area contributed by atoms with Gasteiger partial charge in [-0.15, -0.1) is 24.8 Å². The van der Waals surface area contributed by atoms with Crippen molar-refractivity contribution < 1.29 is 51.3 Å². The van der Waals surface area contributed by atoms with Crippen molar-refractivity contribution in [2.75, 3.05) is 75.3 Å². The molecule has 3 aliphatic rings. The molecule has 6 heterocycles. The molecule has 17 nitrogen and oxygen atoms in total. The lowest BCUT2D eigenvalue weighted by molar-refractivity contribution is -0.140. The van der Waals surface area contributed by atoms with E-state index in [9.17, 15) is 32.3 Å². The van der Waals surface area contributed by atoms with Crippen LogP contribution >= 0.6 is 59.0 Å². The third-order valence-electron chi connectivity index (χ3n) is 12.1. The number of carbonyl (C=O) groups is 4. The molecule has 72 heavy (non-hydrogen) atoms. The second-order valence-corrected chi connectivity index (χ2v) is 19.7. The lowest BCUT2D eigenvalue weighted by Crippen LogP contribution is -2.59. The van der Waals surface area contributed by atoms with Crippen LogP contribution in [-0.4, -0.2) is 146 Å². The second-order valence-electron chi connectivity index (χ2n) is 18.3. The first-order valence-corrected chi connectivity index (χ1v) is 24.8. The van der Waals surface area contributed by atoms with Crippen LogP contribution in [0.5, 0.6) is 0 Å². The number of hydrogen-bond donors (Lipinski definition) is 2. The van der Waals surface area contributed by atoms with Crippen LogP contribution in [0.15, 0.2) is 36.4 Å². The van der Waals surface area contributed by atoms with Crippen LogP contribution in [0, 0.1) is 3.70 Å². The summed E-state index contributed by atoms with van der Waals surface area (Å²) in [6.45, 7) is 22.0. The zero-order valence-electron chi connectivity index (χ0n) is 42.9. The van der Waals surface area contributed by atoms with E-state index in [4.69, 9.17) is 21.1 Å². The van der Waals surface area contributed by atoms with Gasteiger partial charge < -0.3 is 49.2 Å². The number of alkyl halides is 3. The van der Waals surface area contributed by atoms with Crippen molar-refractivity contribution in [2.45, 2.75) is 130 Å². The molecule has 6 atom stereocenters. The first-order chi connectivity index (χ1) is 32.9. The number of methoxy groups -OCH3 is 3. The Morgan fingerprint density at radius 2 is 1.08 bits per heavy atom. The number of piperazine rings is 3. The number of hydrogen-bond acceptors (Lipinski definition) is 16. The molecule has 3 aromatic heterocycles. The van der Waals surface area contributed by atoms with Gasteiger partial charge in [-0.1, -0.05) is 32.4 Å². The van der Waals surface area contributed by atoms with Crippen LogP contribution < -0.4 is 25.3 Å². The van der Waals surface area contributed by atoms with Gasteiger partial charge in [-0.3, -0.25) is 0 Å². The van der Waals surface area contributed by atoms with E-state index < -0.39 is 35.4 Å². The molecule has 0 bridgehead atoms. The van der Waals surface area contributed by atoms with Crippen molar-refractivity contribution in [3.8, 4) is 0 Å². The van der Waals surface area contributed by atoms with Gasteiger partial charge in [-0.25, -0.2) is 34.1 Å². The first kappa shape index (κ1) is 64.0. The molecule has 0 unspecified atom stereocenters. The van der Waals surface area contributed by atoms with E-state index in [1.165, 1.54) is 26.4 Å². The summed E-state index contributed by atoms with van der Waals surface area (Å²) in [5.74, 6) is -1.81. The molecule has 0 aliphatic carbocycles. The van der Waals surface area contributed by atoms with Crippen molar-refractivity contribution in [1.29, 1.82) is 0 Å². The summed E-state index contributed by atoms with van der Waals surface area (Å²) >= 11 is 8.38. The number of pyridine rings is 3. The normalized spacial score (nSPS) is 21.0. The molecule has 3 saturated heterocycles. The number of halogens is 7. The maximum Gasteiger partial charge on any atom is 0.435 e. The number of nitrogens with zero attached hydrogens (tertiary/aromatic N) is 7. The van der Waals surface area contributed by atoms with Crippen molar-refractivity contribution in [3.05, 3.63) is 68.0 Å². The fourth-order valence-corrected chi connectivity index (χ4v) is 9.19. The number of nitrogens with one attached hydrogen (secondary N) is 2. The Morgan fingerprint density at radius 1 is 0.653 bits per heavy atom. The Balaban J connectivity index is 0.000000369. The molecule has 0 aromatic carbocycles. The number of amides is 1. The van der Waals surface area contributed by atoms with E-state index in [2.05, 4.69) is 95.1 Å². The van der Waals surface area contributed by atoms with Crippen LogP contribution in [0.2, 0.25) is 5.15 Å². The van der Waals surface area contributed by atoms with Crippen molar-refractivity contribution >= 4 is 100 Å². The molecule has 1 amide bonds. The fourth-order valence-electron chi connectivity index (χ4n) is 8.17. The van der Waals surface area contributed by atoms with Crippen LogP contribution in [0.4, 0.5) is 35.0 Å². The highest BCUT2D eigenvalue weighted by atomic mass is 127. The van der Waals surface area contributed by atoms with Crippen LogP contribution in [0.1, 0.15) is 119 Å². The molecule has 3 fully saturated rings. The monoisotopic (exact) mass is 1190 g/mol. The van der Waals surface area contributed by atoms with E-state index >= 15 is 0 Å². The third-order valence-corrected chi connectivity index (χ3v) is 13.2. The summed E-state index contributed by atoms with van der Waals surface area (Å²) < 4.78 is 60.4. The maximum atomic E-state index is 13.4. The van der Waals surface area contributed by atoms with Gasteiger partial charge in [-0.2, -0.15) is 13.2 Å². The summed E-state index contributed by atoms with van der Waals surface area (Å²) in [4.78, 5) is 67.2. The van der Waals surface area contributed by atoms with Crippen molar-refractivity contribution in [2.24, 2.45) is 0 Å². The Hall–Kier alpha value is -4.16. The summed E-state index contributed by atoms with van der Waals surface area (Å²) in [6.07, 6.45) is -2.21. The Kier molecular flexibility index (Phi) is 25.3. The number of rotatable bonds is 9. The predicted octanol–water partition coefficient (Wildman–Crippen LogP) is 9.10. The van der Waals surface area contributed by atoms with Gasteiger partial charge in [0, 0.05) is 69.5 Å². The molecular formula is C48H70Cl3F3IN9O8. The third kappa shape index (κ3) is 16.9. The largest absolute Gasteiger partial charge is 0.464 e. The van der Waals surface area contributed by atoms with Crippen LogP contribution in [-0.2, 0) is 25.1 Å². The minimum atomic E-state index is -4.65. The van der Waals surface area contributed by atoms with E-state index in [0.717, 1.165) is 54.5 Å². The number of carbonyl (C=O) groups excluding carboxylic acids is 4. The van der Waals surface area contributed by atoms with E-state index in [1.54, 1.807) is 17.0 Å². The zero-order valence-corrected chi connectivity index (χ0v) is 47.4. The second kappa shape index (κ2) is 28.5. The van der Waals surface area contributed by atoms with Crippen LogP contribution in [0.3, 0.4) is 0 Å². The summed E-state index contributed by atoms with van der Waals surface area (Å²) in [7, 11) is 3.78. The molecule has 24 heteroatoms. The molecule has 6 rings (SSSR count). The van der Waals surface area contributed by atoms with Gasteiger partial charge in [0.15, 0.2) is 10.8 Å². The van der Waals surface area contributed by atoms with Crippen molar-refractivity contribution in [1.82, 2.24) is 30.5 Å². The Morgan fingerprint density at radius 3 is 1.50 bits per heavy atom. The average Bonchev–Trinajstić information content (AvgIpc) is 3.33. The zero-order chi connectivity index (χ0) is 52.2. The van der Waals surface area contributed by atoms with Gasteiger partial charge in [0.2, 0.25) is 0 Å². The minimum absolute atomic E-state index is 0. The molecule has 2 N–H and O–H groups in total. The molecule has 3 aliphatic heterocycles. The lowest BCUT2D eigenvalue weighted by atomic mass is 10.0. The highest BCUT2D eigenvalue weighted by Gasteiger charge is 2.40. The molecule has 0 radical (unpaired) electrons. The smallest absolute Gasteiger partial charge is 0.435 e. The standard InChI is InChI=1S/C19H28IN3O4.C15H20F3N3O2.C14H20ClN3O2.2ClH/c1-7-13-11-22(12(2)10-23(13)18(25)27-19(3,4)5)15-9-8-14(17(24)26-6)21-16(15)20;1-4-10-8-21(9(2)7-19-10)12-6-5-11(14(22)23-3)20-13(12)15(16,17)18;1-4-10-8-18(9(2)7-16-10)12-6-5-11(14(19)20-3)17-13(12)15;;/h8-9,12-13H,7,10-11H2,1-6H3;5-6,9-10,19H,4,7-8H2,1-3H3;5-6,9-10,16H,4,7-8H2,1-3H3;2*1H/t12-,13+;2*9-,10+;;/m111../s1.